The van der Waals surface area contributed by atoms with Crippen molar-refractivity contribution in [1.82, 2.24) is 64.3 Å². The number of aromatic nitrogens is 6. The van der Waals surface area contributed by atoms with E-state index in [-0.39, 0.29) is 89.3 Å². The number of esters is 2. The van der Waals surface area contributed by atoms with Crippen molar-refractivity contribution in [2.45, 2.75) is 106 Å². The summed E-state index contributed by atoms with van der Waals surface area (Å²) < 4.78 is 94.4. The Morgan fingerprint density at radius 3 is 1.08 bits per heavy atom. The van der Waals surface area contributed by atoms with Gasteiger partial charge in [0.25, 0.3) is 11.8 Å². The molecule has 2 atom stereocenters. The Balaban J connectivity index is 0.000000236. The van der Waals surface area contributed by atoms with Crippen LogP contribution in [0.4, 0.5) is 16.7 Å². The molecule has 11 aromatic carbocycles. The van der Waals surface area contributed by atoms with Crippen molar-refractivity contribution in [3.8, 4) is 11.5 Å². The molecule has 4 heterocycles. The first-order valence-corrected chi connectivity index (χ1v) is 51.0. The molecule has 4 aromatic heterocycles. The molecule has 15 rings (SSSR count). The molecule has 36 heteroatoms. The maximum Gasteiger partial charge on any atom is 0.407 e. The first-order chi connectivity index (χ1) is 71.5. The summed E-state index contributed by atoms with van der Waals surface area (Å²) in [6.45, 7) is 7.54. The number of fused-ring (bicyclic) bond motifs is 2. The quantitative estimate of drug-likeness (QED) is 0.00733. The van der Waals surface area contributed by atoms with Crippen molar-refractivity contribution in [2.24, 2.45) is 19.8 Å². The number of hydrogen-bond acceptors (Lipinski definition) is 23. The van der Waals surface area contributed by atoms with Gasteiger partial charge in [-0.2, -0.15) is 9.44 Å². The number of carbonyl (C=O) groups is 7. The molecule has 15 aromatic rings. The molecule has 34 nitrogen and oxygen atoms in total. The molecule has 5 amide bonds. The number of nitrogens with zero attached hydrogens (tertiary/aromatic N) is 6. The highest BCUT2D eigenvalue weighted by atomic mass is 32.2. The summed E-state index contributed by atoms with van der Waals surface area (Å²) in [7, 11) is -3.16. The fraction of sp³-hybridized carbons (Fsp3) is 0.241. The number of anilines is 2. The van der Waals surface area contributed by atoms with Crippen LogP contribution in [-0.2, 0) is 98.3 Å². The van der Waals surface area contributed by atoms with Gasteiger partial charge in [0.05, 0.1) is 48.3 Å². The molecule has 0 radical (unpaired) electrons. The van der Waals surface area contributed by atoms with E-state index in [1.54, 1.807) is 99.7 Å². The monoisotopic (exact) mass is 2040 g/mol. The number of alkyl carbamates (subject to hydrolysis) is 1. The molecular formula is C112H118N16O18S2. The Bertz CT molecular complexity index is 7360. The number of ether oxygens (including phenoxy) is 5. The van der Waals surface area contributed by atoms with Crippen molar-refractivity contribution in [3.63, 3.8) is 0 Å². The lowest BCUT2D eigenvalue weighted by Gasteiger charge is -2.38. The first-order valence-electron chi connectivity index (χ1n) is 48.0. The number of hydrogen-bond donors (Lipinski definition) is 10. The molecule has 148 heavy (non-hydrogen) atoms. The summed E-state index contributed by atoms with van der Waals surface area (Å²) in [5.41, 5.74) is 13.5. The third kappa shape index (κ3) is 25.4. The number of pyridine rings is 2. The minimum absolute atomic E-state index is 0.0842. The second kappa shape index (κ2) is 49.7. The van der Waals surface area contributed by atoms with Crippen molar-refractivity contribution in [3.05, 3.63) is 414 Å². The van der Waals surface area contributed by atoms with Gasteiger partial charge in [-0.05, 0) is 161 Å². The second-order valence-electron chi connectivity index (χ2n) is 35.2. The number of carbonyl (C=O) groups excluding carboxylic acids is 7. The van der Waals surface area contributed by atoms with Crippen LogP contribution in [0.2, 0.25) is 0 Å². The number of benzene rings is 11. The Morgan fingerprint density at radius 2 is 0.743 bits per heavy atom. The van der Waals surface area contributed by atoms with Crippen LogP contribution in [-0.4, -0.2) is 166 Å². The molecule has 766 valence electrons. The lowest BCUT2D eigenvalue weighted by molar-refractivity contribution is -0.143. The Kier molecular flexibility index (Phi) is 36.0. The average Bonchev–Trinajstić information content (AvgIpc) is 1.48. The van der Waals surface area contributed by atoms with Gasteiger partial charge in [-0.15, -0.1) is 0 Å². The fourth-order valence-corrected chi connectivity index (χ4v) is 21.5. The van der Waals surface area contributed by atoms with E-state index in [1.807, 2.05) is 164 Å². The average molecular weight is 2040 g/mol. The van der Waals surface area contributed by atoms with E-state index < -0.39 is 97.0 Å². The van der Waals surface area contributed by atoms with Crippen LogP contribution in [0.3, 0.4) is 0 Å². The van der Waals surface area contributed by atoms with E-state index in [9.17, 15) is 60.0 Å². The van der Waals surface area contributed by atoms with Crippen LogP contribution in [0.1, 0.15) is 119 Å². The second-order valence-corrected chi connectivity index (χ2v) is 38.5. The van der Waals surface area contributed by atoms with Crippen molar-refractivity contribution < 1.29 is 74.1 Å². The normalized spacial score (nSPS) is 11.9. The van der Waals surface area contributed by atoms with Gasteiger partial charge in [0, 0.05) is 127 Å². The van der Waals surface area contributed by atoms with E-state index in [2.05, 4.69) is 129 Å². The number of nitrogens with one attached hydrogen (secondary N) is 9. The largest absolute Gasteiger partial charge is 0.494 e. The molecule has 0 unspecified atom stereocenters. The molecule has 0 saturated heterocycles. The molecular weight excluding hydrogens is 1920 g/mol. The Hall–Kier alpha value is -16.7. The van der Waals surface area contributed by atoms with Gasteiger partial charge >= 0.3 is 18.0 Å². The zero-order valence-corrected chi connectivity index (χ0v) is 84.8. The molecule has 0 fully saturated rings. The third-order valence-corrected chi connectivity index (χ3v) is 28.5. The Labute approximate surface area is 857 Å². The number of amides is 5. The minimum Gasteiger partial charge on any atom is -0.494 e. The summed E-state index contributed by atoms with van der Waals surface area (Å²) in [6.07, 6.45) is 10.8. The number of aryl methyl sites for hydroxylation is 6. The third-order valence-electron chi connectivity index (χ3n) is 25.0. The number of imidazole rings is 2. The van der Waals surface area contributed by atoms with Gasteiger partial charge in [-0.25, -0.2) is 31.6 Å². The highest BCUT2D eigenvalue weighted by molar-refractivity contribution is 7.90. The zero-order valence-electron chi connectivity index (χ0n) is 83.1. The summed E-state index contributed by atoms with van der Waals surface area (Å²) in [5.74, 6) is -1.95. The minimum atomic E-state index is -4.41. The van der Waals surface area contributed by atoms with Gasteiger partial charge in [-0.3, -0.25) is 47.5 Å². The number of methoxy groups -OCH3 is 2. The van der Waals surface area contributed by atoms with Crippen LogP contribution < -0.4 is 72.7 Å². The molecule has 0 aliphatic rings. The van der Waals surface area contributed by atoms with Gasteiger partial charge in [-0.1, -0.05) is 224 Å². The first kappa shape index (κ1) is 107. The van der Waals surface area contributed by atoms with Crippen LogP contribution in [0.25, 0.3) is 21.8 Å². The fourth-order valence-electron chi connectivity index (χ4n) is 18.2. The number of nitrogens with two attached hydrogens (primary N) is 1. The molecule has 0 bridgehead atoms. The van der Waals surface area contributed by atoms with Gasteiger partial charge < -0.3 is 75.8 Å². The molecule has 0 aliphatic heterocycles. The molecule has 0 spiro atoms. The maximum absolute atomic E-state index is 14.0. The van der Waals surface area contributed by atoms with Crippen LogP contribution in [0, 0.1) is 27.7 Å². The summed E-state index contributed by atoms with van der Waals surface area (Å²) in [6, 6.07) is 84.6. The summed E-state index contributed by atoms with van der Waals surface area (Å²) >= 11 is 0. The molecule has 0 saturated carbocycles. The van der Waals surface area contributed by atoms with E-state index in [1.165, 1.54) is 24.5 Å². The van der Waals surface area contributed by atoms with Crippen LogP contribution in [0.5, 0.6) is 11.5 Å². The molecule has 0 aliphatic carbocycles. The van der Waals surface area contributed by atoms with E-state index >= 15 is 0 Å². The maximum atomic E-state index is 14.0. The van der Waals surface area contributed by atoms with Gasteiger partial charge in [0.1, 0.15) is 52.4 Å². The van der Waals surface area contributed by atoms with Crippen LogP contribution in [0.15, 0.2) is 330 Å². The predicted molar refractivity (Wildman–Crippen MR) is 565 cm³/mol. The highest BCUT2D eigenvalue weighted by Crippen LogP contribution is 2.45. The zero-order chi connectivity index (χ0) is 105. The Morgan fingerprint density at radius 1 is 0.412 bits per heavy atom. The van der Waals surface area contributed by atoms with Gasteiger partial charge in [0.15, 0.2) is 0 Å². The summed E-state index contributed by atoms with van der Waals surface area (Å²) in [4.78, 5) is 127. The van der Waals surface area contributed by atoms with Gasteiger partial charge in [0.2, 0.25) is 54.6 Å². The smallest absolute Gasteiger partial charge is 0.407 e. The van der Waals surface area contributed by atoms with Crippen molar-refractivity contribution in [1.29, 1.82) is 0 Å². The van der Waals surface area contributed by atoms with E-state index in [4.69, 9.17) is 39.4 Å². The lowest BCUT2D eigenvalue weighted by atomic mass is 9.76. The van der Waals surface area contributed by atoms with E-state index in [0.717, 1.165) is 64.3 Å². The summed E-state index contributed by atoms with van der Waals surface area (Å²) in [5, 5.41) is 20.7. The van der Waals surface area contributed by atoms with Crippen molar-refractivity contribution in [2.75, 3.05) is 77.3 Å². The standard InChI is InChI=1S/C60H62N8O10S.C52H56N8O8S/c1-41-34-48(77-33-17-26-53(69)61-29-30-63-59(73)78-40-43-18-9-5-10-19-43)35-42(2)55(41)79(74,75)66-51(57(72)76-4)38-64-56(71)50-39-67(3)52-36-44(27-28-49(52)54(50)70)37-65-58-62-31-32-68(58)60(45-20-11-6-12-21-45,46-22-13-7-14-23-46)47-24-15-8-16-25-47;1-35-29-41(68-28-14-21-46(61)54-25-24-53)30-36(2)48(35)69(65,66)58-44(50(64)67-4)33-56-49(63)43-34-59(3)45-31-37(22-23-42(45)47(43)62)32-57-51-55-26-27-60(51)52(38-15-8-5-9-16-38,39-17-10-6-11-18-39)40-19-12-7-13-20-40/h5-16,18-25,27-28,31-32,34-36,39,51,66H,17,26,29-30,33,37-38,40H2,1-4H3,(H,61,69)(H,62,65)(H,63,73)(H,64,71);5-13,15-20,22-23,26-27,29-31,34,44,58H,14,21,24-25,28,32-33,53H2,1-4H3,(H,54,61)(H,55,57)(H,56,63)/t51-;44-/m00/s1. The topological polar surface area (TPSA) is 448 Å². The number of sulfonamides is 2. The van der Waals surface area contributed by atoms with E-state index in [0.29, 0.717) is 95.7 Å². The SMILES string of the molecule is COC(=O)[C@H](CNC(=O)c1cn(C)c2cc(CNc3nccn3C(c3ccccc3)(c3ccccc3)c3ccccc3)ccc2c1=O)NS(=O)(=O)c1c(C)cc(OCCCC(=O)NCCN)cc1C.COC(=O)[C@H](CNC(=O)c1cn(C)c2cc(CNc3nccn3C(c3ccccc3)(c3ccccc3)c3ccccc3)ccc2c1=O)NS(=O)(=O)c1c(C)cc(OCCCC(=O)NCCNC(=O)OCc2ccccc2)cc1C. The highest BCUT2D eigenvalue weighted by Gasteiger charge is 2.43. The molecule has 11 N–H and O–H groups in total. The van der Waals surface area contributed by atoms with Crippen molar-refractivity contribution >= 4 is 95.4 Å². The van der Waals surface area contributed by atoms with Crippen LogP contribution >= 0.6 is 0 Å². The lowest BCUT2D eigenvalue weighted by Crippen LogP contribution is -2.49. The predicted octanol–water partition coefficient (Wildman–Crippen LogP) is 12.5. The number of rotatable bonds is 45.